The van der Waals surface area contributed by atoms with Crippen molar-refractivity contribution in [2.75, 3.05) is 52.4 Å². The Bertz CT molecular complexity index is 302. The van der Waals surface area contributed by atoms with E-state index in [2.05, 4.69) is 10.2 Å². The molecule has 3 fully saturated rings. The fourth-order valence-corrected chi connectivity index (χ4v) is 2.74. The van der Waals surface area contributed by atoms with E-state index in [9.17, 15) is 4.79 Å². The largest absolute Gasteiger partial charge is 0.366 e. The third kappa shape index (κ3) is 4.74. The first kappa shape index (κ1) is 18.0. The molecule has 118 valence electrons. The topological polar surface area (TPSA) is 44.8 Å². The number of hydrogen-bond donors (Lipinski definition) is 1. The second-order valence-electron chi connectivity index (χ2n) is 5.63. The molecular formula is C13H25Cl2N3O2. The van der Waals surface area contributed by atoms with Crippen molar-refractivity contribution >= 4 is 30.7 Å². The Labute approximate surface area is 133 Å². The zero-order valence-corrected chi connectivity index (χ0v) is 13.4. The first-order valence-electron chi connectivity index (χ1n) is 7.16. The van der Waals surface area contributed by atoms with Crippen LogP contribution in [0.5, 0.6) is 0 Å². The molecule has 0 spiro atoms. The molecule has 0 radical (unpaired) electrons. The Balaban J connectivity index is 0.000001000. The molecule has 1 atom stereocenters. The quantitative estimate of drug-likeness (QED) is 0.814. The zero-order chi connectivity index (χ0) is 12.4. The monoisotopic (exact) mass is 325 g/mol. The van der Waals surface area contributed by atoms with E-state index >= 15 is 0 Å². The number of halogens is 2. The van der Waals surface area contributed by atoms with Crippen molar-refractivity contribution < 1.29 is 9.53 Å². The number of hydrogen-bond acceptors (Lipinski definition) is 4. The van der Waals surface area contributed by atoms with Gasteiger partial charge < -0.3 is 15.0 Å². The summed E-state index contributed by atoms with van der Waals surface area (Å²) in [4.78, 5) is 16.7. The molecule has 2 saturated heterocycles. The van der Waals surface area contributed by atoms with Gasteiger partial charge in [-0.1, -0.05) is 0 Å². The maximum absolute atomic E-state index is 12.2. The van der Waals surface area contributed by atoms with E-state index in [4.69, 9.17) is 4.74 Å². The average Bonchev–Trinajstić information content (AvgIpc) is 3.24. The number of nitrogens with one attached hydrogen (secondary N) is 1. The van der Waals surface area contributed by atoms with Gasteiger partial charge in [0.2, 0.25) is 0 Å². The van der Waals surface area contributed by atoms with Gasteiger partial charge in [-0.05, 0) is 18.8 Å². The number of amides is 1. The molecule has 2 aliphatic heterocycles. The fraction of sp³-hybridized carbons (Fsp3) is 0.923. The summed E-state index contributed by atoms with van der Waals surface area (Å²) < 4.78 is 5.53. The van der Waals surface area contributed by atoms with Crippen LogP contribution in [0.25, 0.3) is 0 Å². The van der Waals surface area contributed by atoms with Gasteiger partial charge >= 0.3 is 0 Å². The van der Waals surface area contributed by atoms with Crippen LogP contribution < -0.4 is 5.32 Å². The third-order valence-electron chi connectivity index (χ3n) is 4.10. The smallest absolute Gasteiger partial charge is 0.253 e. The summed E-state index contributed by atoms with van der Waals surface area (Å²) in [5.41, 5.74) is 0. The minimum Gasteiger partial charge on any atom is -0.366 e. The molecule has 3 aliphatic rings. The lowest BCUT2D eigenvalue weighted by Gasteiger charge is -2.37. The Kier molecular flexibility index (Phi) is 7.54. The van der Waals surface area contributed by atoms with Gasteiger partial charge in [-0.2, -0.15) is 0 Å². The van der Waals surface area contributed by atoms with Crippen molar-refractivity contribution in [1.29, 1.82) is 0 Å². The lowest BCUT2D eigenvalue weighted by Crippen LogP contribution is -2.55. The van der Waals surface area contributed by atoms with E-state index in [1.165, 1.54) is 19.4 Å². The number of nitrogens with zero attached hydrogens (tertiary/aromatic N) is 2. The normalized spacial score (nSPS) is 27.4. The first-order chi connectivity index (χ1) is 8.83. The maximum Gasteiger partial charge on any atom is 0.253 e. The lowest BCUT2D eigenvalue weighted by molar-refractivity contribution is -0.147. The Hall–Kier alpha value is -0.0700. The number of morpholine rings is 1. The van der Waals surface area contributed by atoms with E-state index in [0.29, 0.717) is 13.2 Å². The van der Waals surface area contributed by atoms with Gasteiger partial charge in [-0.25, -0.2) is 0 Å². The van der Waals surface area contributed by atoms with Gasteiger partial charge in [0.15, 0.2) is 0 Å². The minimum absolute atomic E-state index is 0. The number of carbonyl (C=O) groups is 1. The third-order valence-corrected chi connectivity index (χ3v) is 4.10. The van der Waals surface area contributed by atoms with E-state index < -0.39 is 0 Å². The molecule has 1 N–H and O–H groups in total. The van der Waals surface area contributed by atoms with Crippen LogP contribution in [0.3, 0.4) is 0 Å². The highest BCUT2D eigenvalue weighted by Crippen LogP contribution is 2.29. The van der Waals surface area contributed by atoms with Crippen molar-refractivity contribution in [1.82, 2.24) is 15.1 Å². The highest BCUT2D eigenvalue weighted by atomic mass is 35.5. The molecule has 7 heteroatoms. The number of piperazine rings is 1. The Morgan fingerprint density at radius 2 is 1.85 bits per heavy atom. The highest BCUT2D eigenvalue weighted by molar-refractivity contribution is 5.85. The summed E-state index contributed by atoms with van der Waals surface area (Å²) in [7, 11) is 0. The molecule has 1 unspecified atom stereocenters. The van der Waals surface area contributed by atoms with Gasteiger partial charge in [-0.15, -0.1) is 24.8 Å². The van der Waals surface area contributed by atoms with Gasteiger partial charge in [0.25, 0.3) is 5.91 Å². The molecule has 0 aromatic carbocycles. The molecule has 0 aromatic heterocycles. The van der Waals surface area contributed by atoms with E-state index in [1.54, 1.807) is 0 Å². The van der Waals surface area contributed by atoms with Gasteiger partial charge in [0, 0.05) is 45.8 Å². The van der Waals surface area contributed by atoms with Crippen LogP contribution in [0, 0.1) is 5.92 Å². The molecule has 1 aliphatic carbocycles. The second kappa shape index (κ2) is 8.39. The van der Waals surface area contributed by atoms with Crippen molar-refractivity contribution in [2.24, 2.45) is 5.92 Å². The summed E-state index contributed by atoms with van der Waals surface area (Å²) >= 11 is 0. The van der Waals surface area contributed by atoms with Gasteiger partial charge in [0.05, 0.1) is 6.61 Å². The molecule has 20 heavy (non-hydrogen) atoms. The lowest BCUT2D eigenvalue weighted by atomic mass is 10.2. The molecule has 2 heterocycles. The van der Waals surface area contributed by atoms with Gasteiger partial charge in [-0.3, -0.25) is 9.69 Å². The van der Waals surface area contributed by atoms with Crippen LogP contribution in [0.4, 0.5) is 0 Å². The van der Waals surface area contributed by atoms with Crippen molar-refractivity contribution in [3.05, 3.63) is 0 Å². The van der Waals surface area contributed by atoms with Crippen LogP contribution >= 0.6 is 24.8 Å². The Morgan fingerprint density at radius 3 is 2.40 bits per heavy atom. The molecule has 0 aromatic rings. The SMILES string of the molecule is Cl.Cl.O=C(C1CNCCO1)N1CCN(CC2CC2)CC1. The molecule has 1 saturated carbocycles. The van der Waals surface area contributed by atoms with Crippen LogP contribution in [-0.4, -0.2) is 74.2 Å². The van der Waals surface area contributed by atoms with Crippen molar-refractivity contribution in [3.8, 4) is 0 Å². The summed E-state index contributed by atoms with van der Waals surface area (Å²) in [5, 5.41) is 3.22. The average molecular weight is 326 g/mol. The van der Waals surface area contributed by atoms with E-state index in [-0.39, 0.29) is 36.8 Å². The highest BCUT2D eigenvalue weighted by Gasteiger charge is 2.31. The number of rotatable bonds is 3. The van der Waals surface area contributed by atoms with Crippen LogP contribution in [-0.2, 0) is 9.53 Å². The zero-order valence-electron chi connectivity index (χ0n) is 11.8. The molecule has 5 nitrogen and oxygen atoms in total. The molecule has 3 rings (SSSR count). The predicted octanol–water partition coefficient (Wildman–Crippen LogP) is 0.373. The fourth-order valence-electron chi connectivity index (χ4n) is 2.74. The summed E-state index contributed by atoms with van der Waals surface area (Å²) in [6, 6.07) is 0. The van der Waals surface area contributed by atoms with Gasteiger partial charge in [0.1, 0.15) is 6.10 Å². The van der Waals surface area contributed by atoms with Crippen molar-refractivity contribution in [3.63, 3.8) is 0 Å². The number of carbonyl (C=O) groups excluding carboxylic acids is 1. The Morgan fingerprint density at radius 1 is 1.15 bits per heavy atom. The van der Waals surface area contributed by atoms with E-state index in [1.807, 2.05) is 4.90 Å². The summed E-state index contributed by atoms with van der Waals surface area (Å²) in [6.45, 7) is 7.21. The summed E-state index contributed by atoms with van der Waals surface area (Å²) in [6.07, 6.45) is 2.55. The molecule has 1 amide bonds. The molecular weight excluding hydrogens is 301 g/mol. The first-order valence-corrected chi connectivity index (χ1v) is 7.16. The predicted molar refractivity (Wildman–Crippen MR) is 82.8 cm³/mol. The van der Waals surface area contributed by atoms with Crippen LogP contribution in [0.1, 0.15) is 12.8 Å². The van der Waals surface area contributed by atoms with E-state index in [0.717, 1.165) is 38.6 Å². The van der Waals surface area contributed by atoms with Crippen molar-refractivity contribution in [2.45, 2.75) is 18.9 Å². The molecule has 0 bridgehead atoms. The minimum atomic E-state index is -0.256. The standard InChI is InChI=1S/C13H23N3O2.2ClH/c17-13(12-9-14-3-8-18-12)16-6-4-15(5-7-16)10-11-1-2-11;;/h11-12,14H,1-10H2;2*1H. The number of ether oxygens (including phenoxy) is 1. The maximum atomic E-state index is 12.2. The van der Waals surface area contributed by atoms with Crippen LogP contribution in [0.15, 0.2) is 0 Å². The van der Waals surface area contributed by atoms with Crippen LogP contribution in [0.2, 0.25) is 0 Å². The summed E-state index contributed by atoms with van der Waals surface area (Å²) in [5.74, 6) is 1.12. The second-order valence-corrected chi connectivity index (χ2v) is 5.63.